The summed E-state index contributed by atoms with van der Waals surface area (Å²) >= 11 is 0. The van der Waals surface area contributed by atoms with E-state index in [1.807, 2.05) is 0 Å². The van der Waals surface area contributed by atoms with Gasteiger partial charge in [0.2, 0.25) is 5.91 Å². The zero-order valence-electron chi connectivity index (χ0n) is 8.86. The largest absolute Gasteiger partial charge is 0.353 e. The third-order valence-corrected chi connectivity index (χ3v) is 1.90. The Morgan fingerprint density at radius 2 is 1.76 bits per heavy atom. The number of hydrogen-bond donors (Lipinski definition) is 1. The molecule has 0 aromatic heterocycles. The molecule has 1 aromatic carbocycles. The Labute approximate surface area is 94.9 Å². The van der Waals surface area contributed by atoms with E-state index in [2.05, 4.69) is 5.32 Å². The van der Waals surface area contributed by atoms with Gasteiger partial charge >= 0.3 is 0 Å². The summed E-state index contributed by atoms with van der Waals surface area (Å²) < 4.78 is 51.8. The molecule has 0 atom stereocenters. The molecule has 0 aliphatic heterocycles. The van der Waals surface area contributed by atoms with Crippen molar-refractivity contribution in [1.82, 2.24) is 5.32 Å². The maximum absolute atomic E-state index is 13.1. The van der Waals surface area contributed by atoms with Crippen LogP contribution in [-0.4, -0.2) is 12.5 Å². The zero-order valence-corrected chi connectivity index (χ0v) is 8.86. The van der Waals surface area contributed by atoms with Gasteiger partial charge in [-0.1, -0.05) is 12.2 Å². The minimum atomic E-state index is -1.47. The van der Waals surface area contributed by atoms with Crippen molar-refractivity contribution in [2.24, 2.45) is 0 Å². The van der Waals surface area contributed by atoms with Crippen LogP contribution in [0, 0.1) is 23.3 Å². The SMILES string of the molecule is CC(=O)NCC=Cc1c(F)c(F)cc(F)c1F. The van der Waals surface area contributed by atoms with Gasteiger partial charge in [0.25, 0.3) is 0 Å². The van der Waals surface area contributed by atoms with E-state index in [1.54, 1.807) is 0 Å². The van der Waals surface area contributed by atoms with Crippen LogP contribution in [-0.2, 0) is 4.79 Å². The van der Waals surface area contributed by atoms with Crippen LogP contribution in [0.5, 0.6) is 0 Å². The van der Waals surface area contributed by atoms with E-state index in [0.29, 0.717) is 0 Å². The lowest BCUT2D eigenvalue weighted by atomic mass is 10.1. The second kappa shape index (κ2) is 5.47. The second-order valence-corrected chi connectivity index (χ2v) is 3.22. The van der Waals surface area contributed by atoms with Crippen LogP contribution in [0.15, 0.2) is 12.1 Å². The summed E-state index contributed by atoms with van der Waals surface area (Å²) in [5.74, 6) is -6.21. The van der Waals surface area contributed by atoms with Gasteiger partial charge in [-0.2, -0.15) is 0 Å². The van der Waals surface area contributed by atoms with Gasteiger partial charge in [0.15, 0.2) is 23.3 Å². The van der Waals surface area contributed by atoms with Crippen LogP contribution in [0.4, 0.5) is 17.6 Å². The van der Waals surface area contributed by atoms with Crippen molar-refractivity contribution in [2.45, 2.75) is 6.92 Å². The molecule has 2 nitrogen and oxygen atoms in total. The van der Waals surface area contributed by atoms with Crippen molar-refractivity contribution in [2.75, 3.05) is 6.54 Å². The van der Waals surface area contributed by atoms with E-state index in [-0.39, 0.29) is 18.5 Å². The molecular formula is C11H9F4NO. The monoisotopic (exact) mass is 247 g/mol. The Morgan fingerprint density at radius 3 is 2.24 bits per heavy atom. The fraction of sp³-hybridized carbons (Fsp3) is 0.182. The normalized spacial score (nSPS) is 10.9. The highest BCUT2D eigenvalue weighted by molar-refractivity contribution is 5.73. The summed E-state index contributed by atoms with van der Waals surface area (Å²) in [5, 5.41) is 2.33. The summed E-state index contributed by atoms with van der Waals surface area (Å²) in [5.41, 5.74) is -0.812. The molecule has 17 heavy (non-hydrogen) atoms. The molecule has 0 unspecified atom stereocenters. The summed E-state index contributed by atoms with van der Waals surface area (Å²) in [4.78, 5) is 10.5. The lowest BCUT2D eigenvalue weighted by Crippen LogP contribution is -2.19. The third-order valence-electron chi connectivity index (χ3n) is 1.90. The quantitative estimate of drug-likeness (QED) is 0.645. The molecule has 0 saturated heterocycles. The van der Waals surface area contributed by atoms with Crippen molar-refractivity contribution in [3.8, 4) is 0 Å². The number of rotatable bonds is 3. The van der Waals surface area contributed by atoms with Crippen LogP contribution in [0.2, 0.25) is 0 Å². The van der Waals surface area contributed by atoms with E-state index in [4.69, 9.17) is 0 Å². The first kappa shape index (κ1) is 13.2. The molecule has 0 heterocycles. The Morgan fingerprint density at radius 1 is 1.24 bits per heavy atom. The first-order valence-corrected chi connectivity index (χ1v) is 4.67. The lowest BCUT2D eigenvalue weighted by molar-refractivity contribution is -0.118. The first-order chi connectivity index (χ1) is 7.93. The van der Waals surface area contributed by atoms with Gasteiger partial charge in [-0.15, -0.1) is 0 Å². The molecule has 0 spiro atoms. The van der Waals surface area contributed by atoms with Crippen molar-refractivity contribution < 1.29 is 22.4 Å². The molecule has 6 heteroatoms. The van der Waals surface area contributed by atoms with E-state index in [0.717, 1.165) is 6.08 Å². The summed E-state index contributed by atoms with van der Waals surface area (Å²) in [6, 6.07) is 0.135. The Bertz CT molecular complexity index is 445. The van der Waals surface area contributed by atoms with Gasteiger partial charge in [0.05, 0.1) is 5.56 Å². The standard InChI is InChI=1S/C11H9F4NO/c1-6(17)16-4-2-3-7-10(14)8(12)5-9(13)11(7)15/h2-3,5H,4H2,1H3,(H,16,17). The highest BCUT2D eigenvalue weighted by atomic mass is 19.2. The van der Waals surface area contributed by atoms with Gasteiger partial charge in [-0.05, 0) is 0 Å². The Balaban J connectivity index is 2.94. The smallest absolute Gasteiger partial charge is 0.217 e. The molecule has 1 N–H and O–H groups in total. The fourth-order valence-corrected chi connectivity index (χ4v) is 1.12. The molecule has 1 rings (SSSR count). The highest BCUT2D eigenvalue weighted by Crippen LogP contribution is 2.20. The summed E-state index contributed by atoms with van der Waals surface area (Å²) in [7, 11) is 0. The topological polar surface area (TPSA) is 29.1 Å². The number of hydrogen-bond acceptors (Lipinski definition) is 1. The Hall–Kier alpha value is -1.85. The fourth-order valence-electron chi connectivity index (χ4n) is 1.12. The molecule has 0 aliphatic carbocycles. The van der Waals surface area contributed by atoms with Gasteiger partial charge in [0.1, 0.15) is 0 Å². The van der Waals surface area contributed by atoms with Crippen LogP contribution in [0.1, 0.15) is 12.5 Å². The first-order valence-electron chi connectivity index (χ1n) is 4.67. The third kappa shape index (κ3) is 3.30. The number of amides is 1. The van der Waals surface area contributed by atoms with Crippen molar-refractivity contribution in [3.63, 3.8) is 0 Å². The van der Waals surface area contributed by atoms with E-state index in [1.165, 1.54) is 13.0 Å². The summed E-state index contributed by atoms with van der Waals surface area (Å²) in [6.45, 7) is 1.27. The molecule has 0 fully saturated rings. The maximum Gasteiger partial charge on any atom is 0.217 e. The van der Waals surface area contributed by atoms with E-state index in [9.17, 15) is 22.4 Å². The summed E-state index contributed by atoms with van der Waals surface area (Å²) in [6.07, 6.45) is 2.05. The van der Waals surface area contributed by atoms with E-state index >= 15 is 0 Å². The maximum atomic E-state index is 13.1. The van der Waals surface area contributed by atoms with Gasteiger partial charge in [-0.25, -0.2) is 17.6 Å². The number of carbonyl (C=O) groups excluding carboxylic acids is 1. The van der Waals surface area contributed by atoms with Crippen molar-refractivity contribution >= 4 is 12.0 Å². The van der Waals surface area contributed by atoms with Gasteiger partial charge in [-0.3, -0.25) is 4.79 Å². The predicted octanol–water partition coefficient (Wildman–Crippen LogP) is 2.39. The zero-order chi connectivity index (χ0) is 13.0. The van der Waals surface area contributed by atoms with Crippen LogP contribution in [0.3, 0.4) is 0 Å². The van der Waals surface area contributed by atoms with Crippen LogP contribution >= 0.6 is 0 Å². The minimum absolute atomic E-state index is 0.00630. The number of carbonyl (C=O) groups is 1. The molecular weight excluding hydrogens is 238 g/mol. The Kier molecular flexibility index (Phi) is 4.25. The molecule has 92 valence electrons. The molecule has 0 radical (unpaired) electrons. The molecule has 1 aromatic rings. The van der Waals surface area contributed by atoms with Crippen LogP contribution in [0.25, 0.3) is 6.08 Å². The molecule has 0 bridgehead atoms. The average molecular weight is 247 g/mol. The van der Waals surface area contributed by atoms with Gasteiger partial charge in [0, 0.05) is 19.5 Å². The predicted molar refractivity (Wildman–Crippen MR) is 54.0 cm³/mol. The molecule has 0 aliphatic rings. The number of halogens is 4. The molecule has 0 saturated carbocycles. The number of nitrogens with one attached hydrogen (secondary N) is 1. The van der Waals surface area contributed by atoms with Gasteiger partial charge < -0.3 is 5.32 Å². The van der Waals surface area contributed by atoms with Crippen LogP contribution < -0.4 is 5.32 Å². The molecule has 1 amide bonds. The van der Waals surface area contributed by atoms with E-state index < -0.39 is 28.8 Å². The average Bonchev–Trinajstić information content (AvgIpc) is 2.25. The highest BCUT2D eigenvalue weighted by Gasteiger charge is 2.16. The second-order valence-electron chi connectivity index (χ2n) is 3.22. The number of benzene rings is 1. The van der Waals surface area contributed by atoms with Crippen molar-refractivity contribution in [3.05, 3.63) is 41.0 Å². The van der Waals surface area contributed by atoms with Crippen molar-refractivity contribution in [1.29, 1.82) is 0 Å². The minimum Gasteiger partial charge on any atom is -0.353 e. The lowest BCUT2D eigenvalue weighted by Gasteiger charge is -2.02.